The molecule has 1 atom stereocenters. The van der Waals surface area contributed by atoms with Crippen molar-refractivity contribution >= 4 is 0 Å². The maximum absolute atomic E-state index is 6.02. The van der Waals surface area contributed by atoms with E-state index in [-0.39, 0.29) is 5.54 Å². The van der Waals surface area contributed by atoms with E-state index >= 15 is 0 Å². The van der Waals surface area contributed by atoms with Crippen LogP contribution >= 0.6 is 0 Å². The summed E-state index contributed by atoms with van der Waals surface area (Å²) in [6, 6.07) is 10.2. The SMILES string of the molecule is CCC(C)(N)CNCCOCc1ccccc1. The lowest BCUT2D eigenvalue weighted by Crippen LogP contribution is -2.46. The summed E-state index contributed by atoms with van der Waals surface area (Å²) >= 11 is 0. The third kappa shape index (κ3) is 6.41. The van der Waals surface area contributed by atoms with Crippen LogP contribution in [0.3, 0.4) is 0 Å². The summed E-state index contributed by atoms with van der Waals surface area (Å²) in [7, 11) is 0. The number of benzene rings is 1. The molecular weight excluding hydrogens is 212 g/mol. The Morgan fingerprint density at radius 2 is 2.00 bits per heavy atom. The van der Waals surface area contributed by atoms with Crippen molar-refractivity contribution < 1.29 is 4.74 Å². The molecule has 0 aliphatic rings. The van der Waals surface area contributed by atoms with E-state index in [1.807, 2.05) is 18.2 Å². The molecule has 96 valence electrons. The van der Waals surface area contributed by atoms with E-state index in [0.29, 0.717) is 13.2 Å². The van der Waals surface area contributed by atoms with Crippen LogP contribution in [0.15, 0.2) is 30.3 Å². The number of ether oxygens (including phenoxy) is 1. The molecule has 0 aliphatic heterocycles. The second kappa shape index (κ2) is 7.43. The van der Waals surface area contributed by atoms with Crippen molar-refractivity contribution in [2.75, 3.05) is 19.7 Å². The second-order valence-corrected chi connectivity index (χ2v) is 4.72. The van der Waals surface area contributed by atoms with Gasteiger partial charge in [0.1, 0.15) is 0 Å². The summed E-state index contributed by atoms with van der Waals surface area (Å²) in [6.45, 7) is 7.24. The van der Waals surface area contributed by atoms with Crippen LogP contribution in [0, 0.1) is 0 Å². The Kier molecular flexibility index (Phi) is 6.19. The number of rotatable bonds is 8. The molecule has 0 aliphatic carbocycles. The minimum atomic E-state index is -0.112. The van der Waals surface area contributed by atoms with Crippen LogP contribution in [0.1, 0.15) is 25.8 Å². The molecule has 1 aromatic rings. The van der Waals surface area contributed by atoms with Crippen LogP contribution < -0.4 is 11.1 Å². The molecule has 0 heterocycles. The normalized spacial score (nSPS) is 14.5. The second-order valence-electron chi connectivity index (χ2n) is 4.72. The molecule has 3 heteroatoms. The van der Waals surface area contributed by atoms with Gasteiger partial charge < -0.3 is 15.8 Å². The fraction of sp³-hybridized carbons (Fsp3) is 0.571. The van der Waals surface area contributed by atoms with Crippen molar-refractivity contribution in [2.24, 2.45) is 5.73 Å². The van der Waals surface area contributed by atoms with Crippen LogP contribution in [0.5, 0.6) is 0 Å². The maximum Gasteiger partial charge on any atom is 0.0717 e. The smallest absolute Gasteiger partial charge is 0.0717 e. The number of nitrogens with two attached hydrogens (primary N) is 1. The predicted molar refractivity (Wildman–Crippen MR) is 71.9 cm³/mol. The minimum absolute atomic E-state index is 0.112. The molecule has 0 fully saturated rings. The van der Waals surface area contributed by atoms with E-state index in [2.05, 4.69) is 31.3 Å². The zero-order valence-electron chi connectivity index (χ0n) is 10.9. The Morgan fingerprint density at radius 1 is 1.29 bits per heavy atom. The van der Waals surface area contributed by atoms with Crippen molar-refractivity contribution in [1.82, 2.24) is 5.32 Å². The largest absolute Gasteiger partial charge is 0.375 e. The summed E-state index contributed by atoms with van der Waals surface area (Å²) in [6.07, 6.45) is 0.977. The van der Waals surface area contributed by atoms with Crippen molar-refractivity contribution in [2.45, 2.75) is 32.4 Å². The number of hydrogen-bond acceptors (Lipinski definition) is 3. The summed E-state index contributed by atoms with van der Waals surface area (Å²) in [5, 5.41) is 3.31. The van der Waals surface area contributed by atoms with Crippen LogP contribution in [0.25, 0.3) is 0 Å². The van der Waals surface area contributed by atoms with Crippen molar-refractivity contribution in [3.63, 3.8) is 0 Å². The lowest BCUT2D eigenvalue weighted by Gasteiger charge is -2.22. The van der Waals surface area contributed by atoms with Crippen molar-refractivity contribution in [3.8, 4) is 0 Å². The highest BCUT2D eigenvalue weighted by molar-refractivity contribution is 5.13. The highest BCUT2D eigenvalue weighted by Gasteiger charge is 2.13. The monoisotopic (exact) mass is 236 g/mol. The van der Waals surface area contributed by atoms with E-state index < -0.39 is 0 Å². The first-order valence-electron chi connectivity index (χ1n) is 6.25. The van der Waals surface area contributed by atoms with Gasteiger partial charge in [-0.2, -0.15) is 0 Å². The molecule has 1 rings (SSSR count). The minimum Gasteiger partial charge on any atom is -0.375 e. The Balaban J connectivity index is 2.02. The molecule has 0 saturated heterocycles. The Bertz CT molecular complexity index is 298. The van der Waals surface area contributed by atoms with Gasteiger partial charge in [0.25, 0.3) is 0 Å². The van der Waals surface area contributed by atoms with Gasteiger partial charge in [-0.1, -0.05) is 37.3 Å². The van der Waals surface area contributed by atoms with Gasteiger partial charge in [-0.3, -0.25) is 0 Å². The first-order chi connectivity index (χ1) is 8.14. The quantitative estimate of drug-likeness (QED) is 0.678. The highest BCUT2D eigenvalue weighted by Crippen LogP contribution is 2.02. The average Bonchev–Trinajstić information content (AvgIpc) is 2.35. The molecule has 0 saturated carbocycles. The molecule has 1 aromatic carbocycles. The predicted octanol–water partition coefficient (Wildman–Crippen LogP) is 1.92. The summed E-state index contributed by atoms with van der Waals surface area (Å²) in [4.78, 5) is 0. The van der Waals surface area contributed by atoms with Gasteiger partial charge in [0.05, 0.1) is 13.2 Å². The van der Waals surface area contributed by atoms with Crippen molar-refractivity contribution in [3.05, 3.63) is 35.9 Å². The molecule has 0 radical (unpaired) electrons. The van der Waals surface area contributed by atoms with E-state index in [0.717, 1.165) is 19.5 Å². The third-order valence-corrected chi connectivity index (χ3v) is 2.87. The maximum atomic E-state index is 6.02. The van der Waals surface area contributed by atoms with E-state index in [4.69, 9.17) is 10.5 Å². The number of hydrogen-bond donors (Lipinski definition) is 2. The molecule has 0 aromatic heterocycles. The molecule has 0 amide bonds. The lowest BCUT2D eigenvalue weighted by molar-refractivity contribution is 0.121. The van der Waals surface area contributed by atoms with Crippen LogP contribution in [-0.4, -0.2) is 25.2 Å². The fourth-order valence-electron chi connectivity index (χ4n) is 1.41. The first kappa shape index (κ1) is 14.2. The van der Waals surface area contributed by atoms with Gasteiger partial charge in [-0.15, -0.1) is 0 Å². The van der Waals surface area contributed by atoms with Gasteiger partial charge in [0.15, 0.2) is 0 Å². The Morgan fingerprint density at radius 3 is 2.65 bits per heavy atom. The summed E-state index contributed by atoms with van der Waals surface area (Å²) < 4.78 is 5.56. The fourth-order valence-corrected chi connectivity index (χ4v) is 1.41. The summed E-state index contributed by atoms with van der Waals surface area (Å²) in [5.41, 5.74) is 7.12. The molecule has 1 unspecified atom stereocenters. The third-order valence-electron chi connectivity index (χ3n) is 2.87. The highest BCUT2D eigenvalue weighted by atomic mass is 16.5. The molecule has 3 N–H and O–H groups in total. The lowest BCUT2D eigenvalue weighted by atomic mass is 10.0. The molecule has 3 nitrogen and oxygen atoms in total. The topological polar surface area (TPSA) is 47.3 Å². The van der Waals surface area contributed by atoms with Gasteiger partial charge >= 0.3 is 0 Å². The Hall–Kier alpha value is -0.900. The van der Waals surface area contributed by atoms with Gasteiger partial charge in [0, 0.05) is 18.6 Å². The van der Waals surface area contributed by atoms with E-state index in [9.17, 15) is 0 Å². The molecule has 0 bridgehead atoms. The van der Waals surface area contributed by atoms with Crippen LogP contribution in [0.2, 0.25) is 0 Å². The molecule has 17 heavy (non-hydrogen) atoms. The molecule has 0 spiro atoms. The standard InChI is InChI=1S/C14H24N2O/c1-3-14(2,15)12-16-9-10-17-11-13-7-5-4-6-8-13/h4-8,16H,3,9-12,15H2,1-2H3. The van der Waals surface area contributed by atoms with Gasteiger partial charge in [0.2, 0.25) is 0 Å². The van der Waals surface area contributed by atoms with Crippen LogP contribution in [0.4, 0.5) is 0 Å². The van der Waals surface area contributed by atoms with E-state index in [1.165, 1.54) is 5.56 Å². The van der Waals surface area contributed by atoms with Gasteiger partial charge in [-0.05, 0) is 18.9 Å². The zero-order valence-corrected chi connectivity index (χ0v) is 10.9. The zero-order chi connectivity index (χ0) is 12.6. The van der Waals surface area contributed by atoms with Gasteiger partial charge in [-0.25, -0.2) is 0 Å². The Labute approximate surface area is 104 Å². The van der Waals surface area contributed by atoms with Crippen LogP contribution in [-0.2, 0) is 11.3 Å². The van der Waals surface area contributed by atoms with Crippen molar-refractivity contribution in [1.29, 1.82) is 0 Å². The molecular formula is C14H24N2O. The number of nitrogens with one attached hydrogen (secondary N) is 1. The first-order valence-corrected chi connectivity index (χ1v) is 6.25. The average molecular weight is 236 g/mol. The summed E-state index contributed by atoms with van der Waals surface area (Å²) in [5.74, 6) is 0. The van der Waals surface area contributed by atoms with E-state index in [1.54, 1.807) is 0 Å².